The van der Waals surface area contributed by atoms with Crippen molar-refractivity contribution in [2.24, 2.45) is 5.92 Å². The molecule has 1 unspecified atom stereocenters. The minimum Gasteiger partial charge on any atom is -0.396 e. The molecule has 2 fully saturated rings. The van der Waals surface area contributed by atoms with Gasteiger partial charge in [0.05, 0.1) is 35.0 Å². The average Bonchev–Trinajstić information content (AvgIpc) is 3.28. The number of nitrogens with zero attached hydrogens (tertiary/aromatic N) is 1. The van der Waals surface area contributed by atoms with Gasteiger partial charge < -0.3 is 15.4 Å². The first kappa shape index (κ1) is 14.0. The molecule has 0 radical (unpaired) electrons. The monoisotopic (exact) mass is 314 g/mol. The lowest BCUT2D eigenvalue weighted by molar-refractivity contribution is -0.00834. The highest BCUT2D eigenvalue weighted by atomic mass is 35.5. The zero-order valence-corrected chi connectivity index (χ0v) is 12.5. The number of hydrogen-bond donors (Lipinski definition) is 1. The maximum absolute atomic E-state index is 12.7. The lowest BCUT2D eigenvalue weighted by Crippen LogP contribution is -2.49. The van der Waals surface area contributed by atoms with Crippen molar-refractivity contribution < 1.29 is 9.53 Å². The van der Waals surface area contributed by atoms with Gasteiger partial charge in [0.25, 0.3) is 5.91 Å². The highest BCUT2D eigenvalue weighted by Gasteiger charge is 2.39. The molecule has 2 aliphatic rings. The van der Waals surface area contributed by atoms with Gasteiger partial charge in [0.15, 0.2) is 0 Å². The number of carbonyl (C=O) groups is 1. The van der Waals surface area contributed by atoms with Gasteiger partial charge in [-0.05, 0) is 30.9 Å². The summed E-state index contributed by atoms with van der Waals surface area (Å²) < 4.78 is 5.50. The Balaban J connectivity index is 1.87. The molecule has 1 aliphatic heterocycles. The second kappa shape index (κ2) is 5.43. The summed E-state index contributed by atoms with van der Waals surface area (Å²) in [7, 11) is 0. The standard InChI is InChI=1S/C14H16Cl2N2O2/c15-10-5-9(6-11(16)13(10)17)14(19)18-3-4-20-7-12(18)8-1-2-8/h5-6,8,12H,1-4,7,17H2. The van der Waals surface area contributed by atoms with E-state index in [4.69, 9.17) is 33.7 Å². The highest BCUT2D eigenvalue weighted by Crippen LogP contribution is 2.37. The second-order valence-electron chi connectivity index (χ2n) is 5.33. The van der Waals surface area contributed by atoms with Gasteiger partial charge in [-0.3, -0.25) is 4.79 Å². The molecule has 20 heavy (non-hydrogen) atoms. The van der Waals surface area contributed by atoms with E-state index in [1.807, 2.05) is 4.90 Å². The summed E-state index contributed by atoms with van der Waals surface area (Å²) in [6, 6.07) is 3.35. The summed E-state index contributed by atoms with van der Waals surface area (Å²) in [4.78, 5) is 14.6. The molecule has 0 aromatic heterocycles. The molecule has 0 bridgehead atoms. The molecule has 1 atom stereocenters. The van der Waals surface area contributed by atoms with Gasteiger partial charge in [-0.25, -0.2) is 0 Å². The quantitative estimate of drug-likeness (QED) is 0.854. The van der Waals surface area contributed by atoms with Gasteiger partial charge in [-0.15, -0.1) is 0 Å². The van der Waals surface area contributed by atoms with Gasteiger partial charge >= 0.3 is 0 Å². The SMILES string of the molecule is Nc1c(Cl)cc(C(=O)N2CCOCC2C2CC2)cc1Cl. The molecule has 6 heteroatoms. The molecule has 1 saturated heterocycles. The third-order valence-electron chi connectivity index (χ3n) is 3.92. The molecule has 2 N–H and O–H groups in total. The molecule has 1 aromatic rings. The zero-order valence-electron chi connectivity index (χ0n) is 10.9. The molecular formula is C14H16Cl2N2O2. The number of morpholine rings is 1. The lowest BCUT2D eigenvalue weighted by Gasteiger charge is -2.36. The van der Waals surface area contributed by atoms with Crippen molar-refractivity contribution in [3.63, 3.8) is 0 Å². The van der Waals surface area contributed by atoms with Crippen molar-refractivity contribution >= 4 is 34.8 Å². The third kappa shape index (κ3) is 2.60. The topological polar surface area (TPSA) is 55.6 Å². The van der Waals surface area contributed by atoms with E-state index in [0.717, 1.165) is 0 Å². The number of nitrogens with two attached hydrogens (primary N) is 1. The van der Waals surface area contributed by atoms with Crippen LogP contribution in [0.3, 0.4) is 0 Å². The molecule has 4 nitrogen and oxygen atoms in total. The predicted molar refractivity (Wildman–Crippen MR) is 79.2 cm³/mol. The molecule has 1 aliphatic carbocycles. The molecular weight excluding hydrogens is 299 g/mol. The molecule has 1 amide bonds. The van der Waals surface area contributed by atoms with Crippen molar-refractivity contribution in [1.29, 1.82) is 0 Å². The summed E-state index contributed by atoms with van der Waals surface area (Å²) in [6.07, 6.45) is 2.34. The maximum Gasteiger partial charge on any atom is 0.254 e. The van der Waals surface area contributed by atoms with E-state index in [9.17, 15) is 4.79 Å². The van der Waals surface area contributed by atoms with Crippen LogP contribution >= 0.6 is 23.2 Å². The zero-order chi connectivity index (χ0) is 14.3. The van der Waals surface area contributed by atoms with Gasteiger partial charge in [-0.1, -0.05) is 23.2 Å². The van der Waals surface area contributed by atoms with E-state index in [2.05, 4.69) is 0 Å². The van der Waals surface area contributed by atoms with Gasteiger partial charge in [-0.2, -0.15) is 0 Å². The minimum atomic E-state index is -0.0472. The summed E-state index contributed by atoms with van der Waals surface area (Å²) in [5.41, 5.74) is 6.50. The fourth-order valence-electron chi connectivity index (χ4n) is 2.62. The smallest absolute Gasteiger partial charge is 0.254 e. The first-order chi connectivity index (χ1) is 9.58. The van der Waals surface area contributed by atoms with E-state index in [1.165, 1.54) is 12.8 Å². The van der Waals surface area contributed by atoms with Crippen molar-refractivity contribution in [3.8, 4) is 0 Å². The number of halogens is 2. The van der Waals surface area contributed by atoms with Crippen LogP contribution in [0.1, 0.15) is 23.2 Å². The Kier molecular flexibility index (Phi) is 3.80. The molecule has 1 aromatic carbocycles. The van der Waals surface area contributed by atoms with Crippen LogP contribution in [0.5, 0.6) is 0 Å². The lowest BCUT2D eigenvalue weighted by atomic mass is 10.1. The summed E-state index contributed by atoms with van der Waals surface area (Å²) in [5.74, 6) is 0.521. The molecule has 3 rings (SSSR count). The summed E-state index contributed by atoms with van der Waals surface area (Å²) >= 11 is 12.0. The Morgan fingerprint density at radius 3 is 2.55 bits per heavy atom. The minimum absolute atomic E-state index is 0.0472. The highest BCUT2D eigenvalue weighted by molar-refractivity contribution is 6.39. The van der Waals surface area contributed by atoms with Crippen LogP contribution in [0.4, 0.5) is 5.69 Å². The first-order valence-corrected chi connectivity index (χ1v) is 7.46. The summed E-state index contributed by atoms with van der Waals surface area (Å²) in [6.45, 7) is 1.80. The van der Waals surface area contributed by atoms with E-state index in [-0.39, 0.29) is 11.9 Å². The Bertz CT molecular complexity index is 523. The Morgan fingerprint density at radius 2 is 1.95 bits per heavy atom. The molecule has 1 saturated carbocycles. The Hall–Kier alpha value is -0.970. The molecule has 1 heterocycles. The Labute approximate surface area is 127 Å². The van der Waals surface area contributed by atoms with Crippen LogP contribution in [-0.4, -0.2) is 36.6 Å². The van der Waals surface area contributed by atoms with Crippen LogP contribution in [0.2, 0.25) is 10.0 Å². The number of anilines is 1. The van der Waals surface area contributed by atoms with E-state index < -0.39 is 0 Å². The molecule has 108 valence electrons. The van der Waals surface area contributed by atoms with Crippen molar-refractivity contribution in [2.45, 2.75) is 18.9 Å². The van der Waals surface area contributed by atoms with E-state index >= 15 is 0 Å². The van der Waals surface area contributed by atoms with Crippen LogP contribution in [-0.2, 0) is 4.74 Å². The molecule has 0 spiro atoms. The number of hydrogen-bond acceptors (Lipinski definition) is 3. The number of ether oxygens (including phenoxy) is 1. The van der Waals surface area contributed by atoms with Crippen LogP contribution in [0, 0.1) is 5.92 Å². The Morgan fingerprint density at radius 1 is 1.30 bits per heavy atom. The summed E-state index contributed by atoms with van der Waals surface area (Å²) in [5, 5.41) is 0.633. The number of carbonyl (C=O) groups excluding carboxylic acids is 1. The normalized spacial score (nSPS) is 22.9. The van der Waals surface area contributed by atoms with Crippen LogP contribution < -0.4 is 5.73 Å². The largest absolute Gasteiger partial charge is 0.396 e. The van der Waals surface area contributed by atoms with Gasteiger partial charge in [0.1, 0.15) is 0 Å². The van der Waals surface area contributed by atoms with E-state index in [0.29, 0.717) is 47.0 Å². The fourth-order valence-corrected chi connectivity index (χ4v) is 3.11. The van der Waals surface area contributed by atoms with Gasteiger partial charge in [0, 0.05) is 12.1 Å². The van der Waals surface area contributed by atoms with E-state index in [1.54, 1.807) is 12.1 Å². The number of nitrogen functional groups attached to an aromatic ring is 1. The van der Waals surface area contributed by atoms with Crippen LogP contribution in [0.25, 0.3) is 0 Å². The number of amides is 1. The van der Waals surface area contributed by atoms with Crippen LogP contribution in [0.15, 0.2) is 12.1 Å². The first-order valence-electron chi connectivity index (χ1n) is 6.71. The van der Waals surface area contributed by atoms with Crippen molar-refractivity contribution in [2.75, 3.05) is 25.5 Å². The fraction of sp³-hybridized carbons (Fsp3) is 0.500. The predicted octanol–water partition coefficient (Wildman–Crippen LogP) is 2.83. The van der Waals surface area contributed by atoms with Crippen molar-refractivity contribution in [1.82, 2.24) is 4.90 Å². The van der Waals surface area contributed by atoms with Crippen molar-refractivity contribution in [3.05, 3.63) is 27.7 Å². The second-order valence-corrected chi connectivity index (χ2v) is 6.15. The average molecular weight is 315 g/mol. The number of benzene rings is 1. The maximum atomic E-state index is 12.7. The number of rotatable bonds is 2. The van der Waals surface area contributed by atoms with Gasteiger partial charge in [0.2, 0.25) is 0 Å². The third-order valence-corrected chi connectivity index (χ3v) is 4.54.